The monoisotopic (exact) mass is 474 g/mol. The van der Waals surface area contributed by atoms with Crippen molar-refractivity contribution in [3.8, 4) is 5.75 Å². The van der Waals surface area contributed by atoms with E-state index in [0.717, 1.165) is 24.2 Å². The van der Waals surface area contributed by atoms with Gasteiger partial charge in [-0.25, -0.2) is 0 Å². The van der Waals surface area contributed by atoms with Crippen LogP contribution in [0.4, 0.5) is 0 Å². The fourth-order valence-electron chi connectivity index (χ4n) is 3.50. The summed E-state index contributed by atoms with van der Waals surface area (Å²) in [7, 11) is 7.76. The molecule has 1 saturated carbocycles. The molecule has 2 rings (SSSR count). The molecule has 0 heterocycles. The molecular formula is C20H35IN4O. The van der Waals surface area contributed by atoms with Crippen LogP contribution in [-0.2, 0) is 0 Å². The zero-order valence-electron chi connectivity index (χ0n) is 16.8. The number of hydrogen-bond donors (Lipinski definition) is 2. The molecule has 0 saturated heterocycles. The number of nitrogens with zero attached hydrogens (tertiary/aromatic N) is 2. The summed E-state index contributed by atoms with van der Waals surface area (Å²) in [5.74, 6) is 2.67. The third-order valence-electron chi connectivity index (χ3n) is 5.16. The van der Waals surface area contributed by atoms with Gasteiger partial charge in [0.15, 0.2) is 5.96 Å². The predicted octanol–water partition coefficient (Wildman–Crippen LogP) is 3.66. The molecule has 26 heavy (non-hydrogen) atoms. The summed E-state index contributed by atoms with van der Waals surface area (Å²) in [6.07, 6.45) is 5.06. The molecule has 6 heteroatoms. The first-order chi connectivity index (χ1) is 12.0. The molecule has 5 nitrogen and oxygen atoms in total. The van der Waals surface area contributed by atoms with E-state index in [2.05, 4.69) is 53.7 Å². The highest BCUT2D eigenvalue weighted by Crippen LogP contribution is 2.27. The Bertz CT molecular complexity index is 556. The van der Waals surface area contributed by atoms with Gasteiger partial charge >= 0.3 is 0 Å². The van der Waals surface area contributed by atoms with Gasteiger partial charge in [0.05, 0.1) is 13.2 Å². The van der Waals surface area contributed by atoms with E-state index in [1.54, 1.807) is 7.11 Å². The number of aliphatic imine (C=N–C) groups is 1. The number of ether oxygens (including phenoxy) is 1. The van der Waals surface area contributed by atoms with Gasteiger partial charge in [-0.05, 0) is 51.8 Å². The molecule has 0 amide bonds. The lowest BCUT2D eigenvalue weighted by molar-refractivity contribution is 0.286. The summed E-state index contributed by atoms with van der Waals surface area (Å²) in [6, 6.07) is 8.96. The normalized spacial score (nSPS) is 21.7. The molecule has 1 aromatic carbocycles. The summed E-state index contributed by atoms with van der Waals surface area (Å²) in [4.78, 5) is 6.62. The molecule has 1 fully saturated rings. The quantitative estimate of drug-likeness (QED) is 0.376. The number of benzene rings is 1. The van der Waals surface area contributed by atoms with E-state index in [1.807, 2.05) is 19.2 Å². The Hall–Kier alpha value is -1.02. The second kappa shape index (κ2) is 11.6. The average Bonchev–Trinajstić information content (AvgIpc) is 2.62. The van der Waals surface area contributed by atoms with Crippen LogP contribution in [0.5, 0.6) is 5.75 Å². The smallest absolute Gasteiger partial charge is 0.191 e. The van der Waals surface area contributed by atoms with Crippen LogP contribution >= 0.6 is 24.0 Å². The van der Waals surface area contributed by atoms with Gasteiger partial charge in [0.2, 0.25) is 0 Å². The third-order valence-corrected chi connectivity index (χ3v) is 5.16. The Labute approximate surface area is 176 Å². The Kier molecular flexibility index (Phi) is 10.3. The first-order valence-corrected chi connectivity index (χ1v) is 9.31. The fraction of sp³-hybridized carbons (Fsp3) is 0.650. The summed E-state index contributed by atoms with van der Waals surface area (Å²) < 4.78 is 5.54. The number of halogens is 1. The first-order valence-electron chi connectivity index (χ1n) is 9.31. The van der Waals surface area contributed by atoms with E-state index in [-0.39, 0.29) is 30.0 Å². The summed E-state index contributed by atoms with van der Waals surface area (Å²) in [6.45, 7) is 3.12. The Morgan fingerprint density at radius 1 is 1.23 bits per heavy atom. The van der Waals surface area contributed by atoms with Gasteiger partial charge in [0.25, 0.3) is 0 Å². The van der Waals surface area contributed by atoms with Crippen molar-refractivity contribution in [3.63, 3.8) is 0 Å². The molecule has 0 aromatic heterocycles. The molecule has 0 bridgehead atoms. The number of guanidine groups is 1. The highest BCUT2D eigenvalue weighted by molar-refractivity contribution is 14.0. The molecule has 148 valence electrons. The minimum atomic E-state index is 0. The van der Waals surface area contributed by atoms with Crippen LogP contribution in [0.3, 0.4) is 0 Å². The maximum Gasteiger partial charge on any atom is 0.191 e. The highest BCUT2D eigenvalue weighted by atomic mass is 127. The molecule has 0 radical (unpaired) electrons. The number of nitrogens with one attached hydrogen (secondary N) is 2. The van der Waals surface area contributed by atoms with E-state index in [9.17, 15) is 0 Å². The Morgan fingerprint density at radius 3 is 2.46 bits per heavy atom. The van der Waals surface area contributed by atoms with Gasteiger partial charge in [-0.3, -0.25) is 4.99 Å². The topological polar surface area (TPSA) is 48.9 Å². The molecule has 1 unspecified atom stereocenters. The van der Waals surface area contributed by atoms with Gasteiger partial charge < -0.3 is 20.3 Å². The molecule has 0 aliphatic heterocycles. The van der Waals surface area contributed by atoms with Gasteiger partial charge in [0, 0.05) is 25.2 Å². The zero-order valence-corrected chi connectivity index (χ0v) is 19.1. The van der Waals surface area contributed by atoms with Crippen LogP contribution in [0.1, 0.15) is 44.2 Å². The summed E-state index contributed by atoms with van der Waals surface area (Å²) in [5.41, 5.74) is 1.18. The van der Waals surface area contributed by atoms with Gasteiger partial charge in [-0.2, -0.15) is 0 Å². The number of rotatable bonds is 6. The summed E-state index contributed by atoms with van der Waals surface area (Å²) >= 11 is 0. The van der Waals surface area contributed by atoms with Gasteiger partial charge in [-0.1, -0.05) is 25.1 Å². The van der Waals surface area contributed by atoms with Crippen molar-refractivity contribution in [2.24, 2.45) is 10.9 Å². The van der Waals surface area contributed by atoms with E-state index in [0.29, 0.717) is 6.04 Å². The van der Waals surface area contributed by atoms with Crippen molar-refractivity contribution in [1.29, 1.82) is 0 Å². The van der Waals surface area contributed by atoms with Crippen LogP contribution in [0, 0.1) is 5.92 Å². The number of methoxy groups -OCH3 is 1. The van der Waals surface area contributed by atoms with Crippen molar-refractivity contribution in [2.45, 2.75) is 44.7 Å². The number of likely N-dealkylation sites (N-methyl/N-ethyl adjacent to an activating group) is 1. The SMILES string of the molecule is CN=C(NCC(c1ccccc1OC)N(C)C)NC1CCC(C)CC1.I. The minimum absolute atomic E-state index is 0. The molecule has 1 atom stereocenters. The average molecular weight is 474 g/mol. The highest BCUT2D eigenvalue weighted by Gasteiger charge is 2.21. The molecule has 1 aliphatic carbocycles. The second-order valence-corrected chi connectivity index (χ2v) is 7.28. The van der Waals surface area contributed by atoms with Crippen molar-refractivity contribution in [3.05, 3.63) is 29.8 Å². The largest absolute Gasteiger partial charge is 0.496 e. The maximum absolute atomic E-state index is 5.54. The second-order valence-electron chi connectivity index (χ2n) is 7.28. The molecule has 1 aromatic rings. The van der Waals surface area contributed by atoms with Crippen LogP contribution < -0.4 is 15.4 Å². The van der Waals surface area contributed by atoms with Crippen LogP contribution in [0.25, 0.3) is 0 Å². The van der Waals surface area contributed by atoms with Crippen LogP contribution in [0.15, 0.2) is 29.3 Å². The van der Waals surface area contributed by atoms with Gasteiger partial charge in [-0.15, -0.1) is 24.0 Å². The fourth-order valence-corrected chi connectivity index (χ4v) is 3.50. The molecule has 1 aliphatic rings. The van der Waals surface area contributed by atoms with Crippen molar-refractivity contribution in [2.75, 3.05) is 34.8 Å². The van der Waals surface area contributed by atoms with Crippen LogP contribution in [0.2, 0.25) is 0 Å². The van der Waals surface area contributed by atoms with Gasteiger partial charge in [0.1, 0.15) is 5.75 Å². The lowest BCUT2D eigenvalue weighted by Gasteiger charge is -2.30. The molecular weight excluding hydrogens is 439 g/mol. The zero-order chi connectivity index (χ0) is 18.2. The standard InChI is InChI=1S/C20H34N4O.HI/c1-15-10-12-16(13-11-15)23-20(21-2)22-14-18(24(3)4)17-8-6-7-9-19(17)25-5;/h6-9,15-16,18H,10-14H2,1-5H3,(H2,21,22,23);1H. The number of para-hydroxylation sites is 1. The first kappa shape index (κ1) is 23.0. The van der Waals surface area contributed by atoms with Crippen molar-refractivity contribution >= 4 is 29.9 Å². The molecule has 2 N–H and O–H groups in total. The third kappa shape index (κ3) is 6.61. The van der Waals surface area contributed by atoms with E-state index in [1.165, 1.54) is 31.2 Å². The maximum atomic E-state index is 5.54. The van der Waals surface area contributed by atoms with E-state index in [4.69, 9.17) is 4.74 Å². The van der Waals surface area contributed by atoms with Crippen LogP contribution in [-0.4, -0.2) is 51.7 Å². The number of hydrogen-bond acceptors (Lipinski definition) is 3. The van der Waals surface area contributed by atoms with Crippen molar-refractivity contribution < 1.29 is 4.74 Å². The Morgan fingerprint density at radius 2 is 1.88 bits per heavy atom. The lowest BCUT2D eigenvalue weighted by Crippen LogP contribution is -2.46. The van der Waals surface area contributed by atoms with Crippen molar-refractivity contribution in [1.82, 2.24) is 15.5 Å². The van der Waals surface area contributed by atoms with E-state index < -0.39 is 0 Å². The molecule has 0 spiro atoms. The Balaban J connectivity index is 0.00000338. The summed E-state index contributed by atoms with van der Waals surface area (Å²) in [5, 5.41) is 7.09. The lowest BCUT2D eigenvalue weighted by atomic mass is 9.87. The van der Waals surface area contributed by atoms with E-state index >= 15 is 0 Å². The predicted molar refractivity (Wildman–Crippen MR) is 121 cm³/mol. The minimum Gasteiger partial charge on any atom is -0.496 e.